The van der Waals surface area contributed by atoms with Crippen molar-refractivity contribution in [2.45, 2.75) is 37.9 Å². The molecule has 2 aliphatic heterocycles. The lowest BCUT2D eigenvalue weighted by molar-refractivity contribution is -0.913. The number of hydrogen-bond acceptors (Lipinski definition) is 5. The van der Waals surface area contributed by atoms with E-state index in [4.69, 9.17) is 11.6 Å². The average molecular weight is 560 g/mol. The maximum Gasteiger partial charge on any atom is 0.417 e. The smallest absolute Gasteiger partial charge is 0.394 e. The van der Waals surface area contributed by atoms with Gasteiger partial charge < -0.3 is 20.3 Å². The van der Waals surface area contributed by atoms with Crippen LogP contribution in [0.15, 0.2) is 48.5 Å². The van der Waals surface area contributed by atoms with Gasteiger partial charge in [-0.3, -0.25) is 4.79 Å². The highest BCUT2D eigenvalue weighted by atomic mass is 35.5. The number of carbonyl (C=O) groups is 2. The summed E-state index contributed by atoms with van der Waals surface area (Å²) in [6, 6.07) is 14.4. The normalized spacial score (nSPS) is 23.2. The third-order valence-corrected chi connectivity index (χ3v) is 8.92. The first-order valence-corrected chi connectivity index (χ1v) is 15.0. The molecule has 1 atom stereocenters. The fraction of sp³-hybridized carbons (Fsp3) is 0.407. The second-order valence-electron chi connectivity index (χ2n) is 10.7. The molecule has 3 heterocycles. The topological polar surface area (TPSA) is 118 Å². The Morgan fingerprint density at radius 3 is 2.68 bits per heavy atom. The fourth-order valence-corrected chi connectivity index (χ4v) is 6.72. The molecule has 2 aromatic carbocycles. The molecule has 3 amide bonds. The Kier molecular flexibility index (Phi) is 6.79. The van der Waals surface area contributed by atoms with Crippen LogP contribution < -0.4 is 10.6 Å². The van der Waals surface area contributed by atoms with Gasteiger partial charge in [0, 0.05) is 40.0 Å². The minimum atomic E-state index is -3.13. The van der Waals surface area contributed by atoms with E-state index in [2.05, 4.69) is 10.6 Å². The molecule has 0 aliphatic carbocycles. The van der Waals surface area contributed by atoms with Crippen LogP contribution in [0.2, 0.25) is 5.02 Å². The average Bonchev–Trinajstić information content (AvgIpc) is 3.31. The highest BCUT2D eigenvalue weighted by Gasteiger charge is 2.67. The Labute approximate surface area is 226 Å². The predicted octanol–water partition coefficient (Wildman–Crippen LogP) is 3.04. The van der Waals surface area contributed by atoms with E-state index in [0.29, 0.717) is 24.5 Å². The van der Waals surface area contributed by atoms with Crippen LogP contribution >= 0.6 is 11.6 Å². The lowest BCUT2D eigenvalue weighted by atomic mass is 9.72. The number of nitrogens with one attached hydrogen (secondary N) is 2. The van der Waals surface area contributed by atoms with E-state index in [9.17, 15) is 23.1 Å². The van der Waals surface area contributed by atoms with Gasteiger partial charge in [-0.2, -0.15) is 0 Å². The van der Waals surface area contributed by atoms with Crippen LogP contribution in [0.5, 0.6) is 0 Å². The van der Waals surface area contributed by atoms with Crippen molar-refractivity contribution < 1.29 is 27.6 Å². The summed E-state index contributed by atoms with van der Waals surface area (Å²) in [7, 11) is -3.13. The summed E-state index contributed by atoms with van der Waals surface area (Å²) in [4.78, 5) is 26.9. The molecule has 0 bridgehead atoms. The molecule has 11 heteroatoms. The van der Waals surface area contributed by atoms with Crippen molar-refractivity contribution in [2.75, 3.05) is 37.0 Å². The Morgan fingerprint density at radius 1 is 1.24 bits per heavy atom. The molecular formula is C27H32ClN4O5S+. The monoisotopic (exact) mass is 559 g/mol. The molecule has 5 rings (SSSR count). The van der Waals surface area contributed by atoms with E-state index >= 15 is 0 Å². The molecule has 2 aliphatic rings. The van der Waals surface area contributed by atoms with E-state index in [1.165, 1.54) is 6.26 Å². The van der Waals surface area contributed by atoms with Crippen LogP contribution in [-0.2, 0) is 33.1 Å². The standard InChI is InChI=1S/C27H31ClN4O5S/c1-18(15-33)29-26(35)32(16-27(17-32)22-6-3-4-7-23(22)30-25(27)34)14-21-13-19-12-20(28)8-9-24(19)31(21)10-5-11-38(2,36)37/h3-4,6-9,12-13,18,33H,5,10-11,14-17H2,1-2H3,(H-,29,30,34,35)/p+1. The van der Waals surface area contributed by atoms with Gasteiger partial charge in [0.05, 0.1) is 24.1 Å². The van der Waals surface area contributed by atoms with Crippen LogP contribution in [0.25, 0.3) is 10.9 Å². The molecule has 1 saturated heterocycles. The zero-order chi connectivity index (χ0) is 27.3. The number of para-hydroxylation sites is 1. The summed E-state index contributed by atoms with van der Waals surface area (Å²) in [5.41, 5.74) is 2.60. The largest absolute Gasteiger partial charge is 0.417 e. The number of fused-ring (bicyclic) bond motifs is 3. The van der Waals surface area contributed by atoms with Crippen LogP contribution in [0.3, 0.4) is 0 Å². The Balaban J connectivity index is 1.53. The molecule has 1 spiro atoms. The summed E-state index contributed by atoms with van der Waals surface area (Å²) in [5, 5.41) is 16.9. The van der Waals surface area contributed by atoms with E-state index in [1.54, 1.807) is 13.0 Å². The highest BCUT2D eigenvalue weighted by molar-refractivity contribution is 7.90. The third kappa shape index (κ3) is 4.70. The number of benzene rings is 2. The number of amides is 3. The molecule has 3 N–H and O–H groups in total. The number of hydrogen-bond donors (Lipinski definition) is 3. The van der Waals surface area contributed by atoms with Crippen molar-refractivity contribution in [1.82, 2.24) is 9.88 Å². The van der Waals surface area contributed by atoms with E-state index < -0.39 is 21.3 Å². The van der Waals surface area contributed by atoms with Gasteiger partial charge in [-0.1, -0.05) is 29.8 Å². The van der Waals surface area contributed by atoms with Crippen molar-refractivity contribution in [3.05, 3.63) is 64.8 Å². The fourth-order valence-electron chi connectivity index (χ4n) is 5.88. The highest BCUT2D eigenvalue weighted by Crippen LogP contribution is 2.49. The first-order chi connectivity index (χ1) is 18.0. The molecule has 38 heavy (non-hydrogen) atoms. The number of quaternary nitrogens is 1. The molecule has 0 radical (unpaired) electrons. The Morgan fingerprint density at radius 2 is 1.97 bits per heavy atom. The number of urea groups is 1. The Bertz CT molecular complexity index is 1530. The Hall–Kier alpha value is -2.92. The molecule has 202 valence electrons. The summed E-state index contributed by atoms with van der Waals surface area (Å²) >= 11 is 6.26. The maximum atomic E-state index is 13.7. The number of aryl methyl sites for hydroxylation is 1. The number of sulfone groups is 1. The van der Waals surface area contributed by atoms with Gasteiger partial charge in [0.15, 0.2) is 5.41 Å². The summed E-state index contributed by atoms with van der Waals surface area (Å²) in [5.74, 6) is -0.0650. The van der Waals surface area contributed by atoms with E-state index in [1.807, 2.05) is 47.0 Å². The lowest BCUT2D eigenvalue weighted by Gasteiger charge is -2.52. The molecule has 0 saturated carbocycles. The molecular weight excluding hydrogens is 528 g/mol. The van der Waals surface area contributed by atoms with Crippen LogP contribution in [0, 0.1) is 0 Å². The second-order valence-corrected chi connectivity index (χ2v) is 13.4. The van der Waals surface area contributed by atoms with Crippen molar-refractivity contribution in [1.29, 1.82) is 0 Å². The number of aliphatic hydroxyl groups is 1. The number of likely N-dealkylation sites (tertiary alicyclic amines) is 1. The summed E-state index contributed by atoms with van der Waals surface area (Å²) in [6.07, 6.45) is 1.64. The SMILES string of the molecule is CC(CO)NC(=O)[N+]1(Cc2cc3cc(Cl)ccc3n2CCCS(C)(=O)=O)CC2(C1)C(=O)Nc1ccccc12. The van der Waals surface area contributed by atoms with Crippen LogP contribution in [0.4, 0.5) is 10.5 Å². The number of rotatable bonds is 8. The molecule has 1 unspecified atom stereocenters. The zero-order valence-corrected chi connectivity index (χ0v) is 23.0. The number of aliphatic hydroxyl groups excluding tert-OH is 1. The summed E-state index contributed by atoms with van der Waals surface area (Å²) in [6.45, 7) is 2.82. The molecule has 3 aromatic rings. The predicted molar refractivity (Wildman–Crippen MR) is 147 cm³/mol. The van der Waals surface area contributed by atoms with Crippen molar-refractivity contribution in [3.8, 4) is 0 Å². The first-order valence-electron chi connectivity index (χ1n) is 12.6. The third-order valence-electron chi connectivity index (χ3n) is 7.66. The van der Waals surface area contributed by atoms with Gasteiger partial charge in [0.25, 0.3) is 0 Å². The van der Waals surface area contributed by atoms with Crippen LogP contribution in [-0.4, -0.2) is 72.3 Å². The van der Waals surface area contributed by atoms with Gasteiger partial charge >= 0.3 is 6.03 Å². The van der Waals surface area contributed by atoms with Gasteiger partial charge in [0.2, 0.25) is 5.91 Å². The lowest BCUT2D eigenvalue weighted by Crippen LogP contribution is -2.77. The molecule has 1 fully saturated rings. The maximum absolute atomic E-state index is 13.7. The van der Waals surface area contributed by atoms with Gasteiger partial charge in [0.1, 0.15) is 29.5 Å². The van der Waals surface area contributed by atoms with Crippen LogP contribution in [0.1, 0.15) is 24.6 Å². The summed E-state index contributed by atoms with van der Waals surface area (Å²) < 4.78 is 25.6. The number of carbonyl (C=O) groups excluding carboxylic acids is 2. The van der Waals surface area contributed by atoms with Gasteiger partial charge in [-0.15, -0.1) is 0 Å². The zero-order valence-electron chi connectivity index (χ0n) is 21.4. The number of aromatic nitrogens is 1. The van der Waals surface area contributed by atoms with E-state index in [-0.39, 0.29) is 41.9 Å². The minimum Gasteiger partial charge on any atom is -0.394 e. The van der Waals surface area contributed by atoms with Crippen molar-refractivity contribution >= 4 is 50.0 Å². The minimum absolute atomic E-state index is 0.0256. The number of nitrogens with zero attached hydrogens (tertiary/aromatic N) is 2. The molecule has 1 aromatic heterocycles. The second kappa shape index (κ2) is 9.68. The van der Waals surface area contributed by atoms with Gasteiger partial charge in [-0.05, 0) is 43.7 Å². The van der Waals surface area contributed by atoms with Crippen molar-refractivity contribution in [2.24, 2.45) is 0 Å². The first kappa shape index (κ1) is 26.7. The number of halogens is 1. The quantitative estimate of drug-likeness (QED) is 0.367. The van der Waals surface area contributed by atoms with Crippen molar-refractivity contribution in [3.63, 3.8) is 0 Å². The molecule has 9 nitrogen and oxygen atoms in total. The van der Waals surface area contributed by atoms with Gasteiger partial charge in [-0.25, -0.2) is 17.7 Å². The van der Waals surface area contributed by atoms with E-state index in [0.717, 1.165) is 27.8 Å². The number of anilines is 1.